The fraction of sp³-hybridized carbons (Fsp3) is 0.355. The summed E-state index contributed by atoms with van der Waals surface area (Å²) in [4.78, 5) is 1.32. The summed E-state index contributed by atoms with van der Waals surface area (Å²) in [5.74, 6) is 7.83. The van der Waals surface area contributed by atoms with Crippen LogP contribution in [0.4, 0.5) is 0 Å². The maximum atomic E-state index is 7.27. The van der Waals surface area contributed by atoms with Crippen LogP contribution in [-0.2, 0) is 4.43 Å². The van der Waals surface area contributed by atoms with Gasteiger partial charge < -0.3 is 9.74 Å². The number of benzene rings is 3. The summed E-state index contributed by atoms with van der Waals surface area (Å²) >= 11 is 1.89. The molecule has 0 saturated carbocycles. The summed E-state index contributed by atoms with van der Waals surface area (Å²) in [5, 5.41) is 6.16. The third kappa shape index (κ3) is 7.59. The number of hydrogen-bond donors (Lipinski definition) is 1. The lowest BCUT2D eigenvalue weighted by Gasteiger charge is -2.44. The van der Waals surface area contributed by atoms with Crippen LogP contribution in [0.5, 0.6) is 0 Å². The van der Waals surface area contributed by atoms with E-state index in [0.29, 0.717) is 0 Å². The molecule has 0 saturated heterocycles. The molecule has 0 heterocycles. The second kappa shape index (κ2) is 13.7. The average Bonchev–Trinajstić information content (AvgIpc) is 2.88. The molecule has 0 bridgehead atoms. The van der Waals surface area contributed by atoms with Gasteiger partial charge in [0, 0.05) is 23.6 Å². The third-order valence-electron chi connectivity index (χ3n) is 6.05. The van der Waals surface area contributed by atoms with Gasteiger partial charge in [-0.3, -0.25) is 0 Å². The lowest BCUT2D eigenvalue weighted by atomic mass is 10.2. The van der Waals surface area contributed by atoms with E-state index < -0.39 is 8.32 Å². The van der Waals surface area contributed by atoms with E-state index in [2.05, 4.69) is 136 Å². The first-order chi connectivity index (χ1) is 17.0. The van der Waals surface area contributed by atoms with Crippen LogP contribution in [0, 0.1) is 11.8 Å². The van der Waals surface area contributed by atoms with Crippen LogP contribution in [0.25, 0.3) is 0 Å². The van der Waals surface area contributed by atoms with E-state index in [-0.39, 0.29) is 11.1 Å². The summed E-state index contributed by atoms with van der Waals surface area (Å²) in [6.07, 6.45) is 1.59. The maximum Gasteiger partial charge on any atom is 0.262 e. The SMILES string of the molecule is CCC#CC(CCNCCSc1ccccc1)O[Si](c1ccccc1)(c1ccccc1)C(C)(C)C. The molecule has 0 aliphatic rings. The zero-order valence-electron chi connectivity index (χ0n) is 21.6. The standard InChI is InChI=1S/C31H39NOSSi/c1-5-6-16-27(23-24-32-25-26-34-28-17-10-7-11-18-28)33-35(31(2,3)4,29-19-12-8-13-20-29)30-21-14-9-15-22-30/h7-15,17-22,27,32H,5,23-26H2,1-4H3. The Morgan fingerprint density at radius 2 is 1.37 bits per heavy atom. The number of thioether (sulfide) groups is 1. The summed E-state index contributed by atoms with van der Waals surface area (Å²) in [6.45, 7) is 10.9. The van der Waals surface area contributed by atoms with Crippen molar-refractivity contribution in [3.63, 3.8) is 0 Å². The van der Waals surface area contributed by atoms with Crippen molar-refractivity contribution < 1.29 is 4.43 Å². The Kier molecular flexibility index (Phi) is 10.7. The molecule has 0 aromatic heterocycles. The van der Waals surface area contributed by atoms with Gasteiger partial charge in [-0.05, 0) is 40.5 Å². The van der Waals surface area contributed by atoms with Crippen LogP contribution in [0.3, 0.4) is 0 Å². The molecular weight excluding hydrogens is 463 g/mol. The van der Waals surface area contributed by atoms with Crippen molar-refractivity contribution >= 4 is 30.5 Å². The number of rotatable bonds is 11. The molecule has 0 aliphatic carbocycles. The predicted octanol–water partition coefficient (Wildman–Crippen LogP) is 6.12. The molecule has 4 heteroatoms. The fourth-order valence-electron chi connectivity index (χ4n) is 4.40. The van der Waals surface area contributed by atoms with E-state index >= 15 is 0 Å². The van der Waals surface area contributed by atoms with Gasteiger partial charge >= 0.3 is 0 Å². The molecule has 1 atom stereocenters. The normalized spacial score (nSPS) is 12.6. The van der Waals surface area contributed by atoms with Crippen LogP contribution >= 0.6 is 11.8 Å². The molecule has 3 aromatic carbocycles. The van der Waals surface area contributed by atoms with Gasteiger partial charge in [-0.25, -0.2) is 0 Å². The fourth-order valence-corrected chi connectivity index (χ4v) is 9.85. The predicted molar refractivity (Wildman–Crippen MR) is 155 cm³/mol. The molecule has 184 valence electrons. The monoisotopic (exact) mass is 501 g/mol. The molecule has 1 unspecified atom stereocenters. The molecule has 1 N–H and O–H groups in total. The lowest BCUT2D eigenvalue weighted by molar-refractivity contribution is 0.230. The van der Waals surface area contributed by atoms with Gasteiger partial charge in [-0.1, -0.05) is 112 Å². The van der Waals surface area contributed by atoms with E-state index in [9.17, 15) is 0 Å². The van der Waals surface area contributed by atoms with E-state index in [1.807, 2.05) is 11.8 Å². The zero-order chi connectivity index (χ0) is 25.0. The van der Waals surface area contributed by atoms with Crippen molar-refractivity contribution in [2.45, 2.75) is 56.6 Å². The lowest BCUT2D eigenvalue weighted by Crippen LogP contribution is -2.67. The molecule has 0 fully saturated rings. The highest BCUT2D eigenvalue weighted by Crippen LogP contribution is 2.37. The first-order valence-electron chi connectivity index (χ1n) is 12.6. The average molecular weight is 502 g/mol. The number of nitrogens with one attached hydrogen (secondary N) is 1. The van der Waals surface area contributed by atoms with Gasteiger partial charge in [-0.15, -0.1) is 17.7 Å². The van der Waals surface area contributed by atoms with Crippen LogP contribution in [0.2, 0.25) is 5.04 Å². The van der Waals surface area contributed by atoms with E-state index in [0.717, 1.165) is 31.7 Å². The second-order valence-corrected chi connectivity index (χ2v) is 15.1. The van der Waals surface area contributed by atoms with Crippen molar-refractivity contribution in [3.8, 4) is 11.8 Å². The Bertz CT molecular complexity index is 1020. The quantitative estimate of drug-likeness (QED) is 0.148. The molecule has 3 rings (SSSR count). The molecule has 0 amide bonds. The van der Waals surface area contributed by atoms with Crippen LogP contribution in [0.15, 0.2) is 95.9 Å². The van der Waals surface area contributed by atoms with Crippen molar-refractivity contribution in [3.05, 3.63) is 91.0 Å². The van der Waals surface area contributed by atoms with Crippen molar-refractivity contribution in [2.24, 2.45) is 0 Å². The van der Waals surface area contributed by atoms with Crippen LogP contribution in [-0.4, -0.2) is 33.3 Å². The smallest absolute Gasteiger partial charge is 0.262 e. The van der Waals surface area contributed by atoms with Gasteiger partial charge in [0.15, 0.2) is 0 Å². The molecule has 0 spiro atoms. The summed E-state index contributed by atoms with van der Waals surface area (Å²) in [7, 11) is -2.62. The maximum absolute atomic E-state index is 7.27. The minimum absolute atomic E-state index is 0.0540. The highest BCUT2D eigenvalue weighted by Gasteiger charge is 2.51. The molecule has 2 nitrogen and oxygen atoms in total. The Hall–Kier alpha value is -2.29. The van der Waals surface area contributed by atoms with E-state index in [1.165, 1.54) is 15.3 Å². The Morgan fingerprint density at radius 3 is 1.89 bits per heavy atom. The Balaban J connectivity index is 1.77. The van der Waals surface area contributed by atoms with E-state index in [4.69, 9.17) is 4.43 Å². The van der Waals surface area contributed by atoms with Crippen molar-refractivity contribution in [1.29, 1.82) is 0 Å². The minimum atomic E-state index is -2.62. The first kappa shape index (κ1) is 27.3. The summed E-state index contributed by atoms with van der Waals surface area (Å²) < 4.78 is 7.27. The number of hydrogen-bond acceptors (Lipinski definition) is 3. The molecule has 3 aromatic rings. The van der Waals surface area contributed by atoms with Crippen LogP contribution < -0.4 is 15.7 Å². The molecule has 0 aliphatic heterocycles. The molecule has 35 heavy (non-hydrogen) atoms. The second-order valence-electron chi connectivity index (χ2n) is 9.64. The van der Waals surface area contributed by atoms with Crippen molar-refractivity contribution in [1.82, 2.24) is 5.32 Å². The summed E-state index contributed by atoms with van der Waals surface area (Å²) in [5.41, 5.74) is 0. The van der Waals surface area contributed by atoms with Gasteiger partial charge in [0.1, 0.15) is 6.10 Å². The highest BCUT2D eigenvalue weighted by molar-refractivity contribution is 7.99. The van der Waals surface area contributed by atoms with Gasteiger partial charge in [0.2, 0.25) is 0 Å². The van der Waals surface area contributed by atoms with Gasteiger partial charge in [-0.2, -0.15) is 0 Å². The topological polar surface area (TPSA) is 21.3 Å². The zero-order valence-corrected chi connectivity index (χ0v) is 23.4. The minimum Gasteiger partial charge on any atom is -0.394 e. The Labute approximate surface area is 218 Å². The largest absolute Gasteiger partial charge is 0.394 e. The van der Waals surface area contributed by atoms with Gasteiger partial charge in [0.25, 0.3) is 8.32 Å². The highest BCUT2D eigenvalue weighted by atomic mass is 32.2. The molecular formula is C31H39NOSSi. The Morgan fingerprint density at radius 1 is 0.829 bits per heavy atom. The first-order valence-corrected chi connectivity index (χ1v) is 15.5. The van der Waals surface area contributed by atoms with Crippen LogP contribution in [0.1, 0.15) is 40.5 Å². The summed E-state index contributed by atoms with van der Waals surface area (Å²) in [6, 6.07) is 32.3. The van der Waals surface area contributed by atoms with E-state index in [1.54, 1.807) is 0 Å². The van der Waals surface area contributed by atoms with Gasteiger partial charge in [0.05, 0.1) is 0 Å². The molecule has 0 radical (unpaired) electrons. The van der Waals surface area contributed by atoms with Crippen molar-refractivity contribution in [2.75, 3.05) is 18.8 Å². The third-order valence-corrected chi connectivity index (χ3v) is 12.1.